The molecule has 21 heavy (non-hydrogen) atoms. The molecule has 0 radical (unpaired) electrons. The van der Waals surface area contributed by atoms with E-state index >= 15 is 0 Å². The van der Waals surface area contributed by atoms with Crippen molar-refractivity contribution < 1.29 is 0 Å². The number of rotatable bonds is 7. The van der Waals surface area contributed by atoms with Gasteiger partial charge in [-0.15, -0.1) is 0 Å². The summed E-state index contributed by atoms with van der Waals surface area (Å²) < 4.78 is 2.09. The van der Waals surface area contributed by atoms with Crippen LogP contribution in [0.2, 0.25) is 0 Å². The molecule has 4 nitrogen and oxygen atoms in total. The Labute approximate surface area is 127 Å². The highest BCUT2D eigenvalue weighted by atomic mass is 15.3. The number of nitrogens with two attached hydrogens (primary N) is 1. The van der Waals surface area contributed by atoms with Crippen molar-refractivity contribution in [3.8, 4) is 0 Å². The molecule has 0 spiro atoms. The highest BCUT2D eigenvalue weighted by molar-refractivity contribution is 5.81. The highest BCUT2D eigenvalue weighted by Crippen LogP contribution is 2.24. The number of fused-ring (bicyclic) bond motifs is 1. The van der Waals surface area contributed by atoms with Gasteiger partial charge >= 0.3 is 0 Å². The van der Waals surface area contributed by atoms with Gasteiger partial charge in [0.05, 0.1) is 11.2 Å². The molecular formula is C17H28N4. The molecule has 1 aromatic heterocycles. The summed E-state index contributed by atoms with van der Waals surface area (Å²) in [5.74, 6) is 0. The Bertz CT molecular complexity index is 583. The summed E-state index contributed by atoms with van der Waals surface area (Å²) in [6.45, 7) is 12.2. The molecule has 2 N–H and O–H groups in total. The second-order valence-electron chi connectivity index (χ2n) is 5.85. The van der Waals surface area contributed by atoms with E-state index < -0.39 is 0 Å². The van der Waals surface area contributed by atoms with E-state index in [0.717, 1.165) is 31.7 Å². The van der Waals surface area contributed by atoms with Crippen LogP contribution in [0.1, 0.15) is 39.8 Å². The van der Waals surface area contributed by atoms with Crippen LogP contribution in [0.4, 0.5) is 0 Å². The molecule has 1 heterocycles. The zero-order chi connectivity index (χ0) is 15.5. The van der Waals surface area contributed by atoms with Gasteiger partial charge in [0.25, 0.3) is 0 Å². The zero-order valence-electron chi connectivity index (χ0n) is 13.8. The van der Waals surface area contributed by atoms with Crippen LogP contribution in [0.5, 0.6) is 0 Å². The van der Waals surface area contributed by atoms with Crippen LogP contribution in [0.25, 0.3) is 10.9 Å². The molecule has 116 valence electrons. The first kappa shape index (κ1) is 16.0. The maximum atomic E-state index is 6.02. The number of hydrogen-bond acceptors (Lipinski definition) is 3. The van der Waals surface area contributed by atoms with Crippen molar-refractivity contribution in [3.63, 3.8) is 0 Å². The van der Waals surface area contributed by atoms with E-state index in [0.29, 0.717) is 6.54 Å². The fourth-order valence-electron chi connectivity index (χ4n) is 2.92. The largest absolute Gasteiger partial charge is 0.329 e. The van der Waals surface area contributed by atoms with Crippen LogP contribution in [-0.2, 0) is 13.1 Å². The molecule has 0 aliphatic heterocycles. The minimum absolute atomic E-state index is 0.0336. The van der Waals surface area contributed by atoms with Gasteiger partial charge in [-0.2, -0.15) is 5.10 Å². The first-order valence-electron chi connectivity index (χ1n) is 7.99. The SMILES string of the molecule is CCN(Cc1nn(CC)c2ccccc12)C(C)(CC)CN. The van der Waals surface area contributed by atoms with Gasteiger partial charge in [-0.25, -0.2) is 0 Å². The van der Waals surface area contributed by atoms with Crippen molar-refractivity contribution in [2.45, 2.75) is 52.7 Å². The zero-order valence-corrected chi connectivity index (χ0v) is 13.8. The molecule has 2 rings (SSSR count). The molecule has 0 saturated heterocycles. The van der Waals surface area contributed by atoms with Crippen LogP contribution in [0, 0.1) is 0 Å². The lowest BCUT2D eigenvalue weighted by atomic mass is 9.96. The highest BCUT2D eigenvalue weighted by Gasteiger charge is 2.28. The molecule has 0 bridgehead atoms. The van der Waals surface area contributed by atoms with Crippen molar-refractivity contribution in [3.05, 3.63) is 30.0 Å². The number of para-hydroxylation sites is 1. The van der Waals surface area contributed by atoms with E-state index in [-0.39, 0.29) is 5.54 Å². The van der Waals surface area contributed by atoms with E-state index in [2.05, 4.69) is 61.5 Å². The molecular weight excluding hydrogens is 260 g/mol. The summed E-state index contributed by atoms with van der Waals surface area (Å²) in [4.78, 5) is 2.45. The lowest BCUT2D eigenvalue weighted by Crippen LogP contribution is -2.50. The predicted molar refractivity (Wildman–Crippen MR) is 89.2 cm³/mol. The van der Waals surface area contributed by atoms with Crippen molar-refractivity contribution in [1.29, 1.82) is 0 Å². The van der Waals surface area contributed by atoms with Gasteiger partial charge in [0.1, 0.15) is 0 Å². The molecule has 2 aromatic rings. The van der Waals surface area contributed by atoms with Crippen LogP contribution in [0.3, 0.4) is 0 Å². The normalized spacial score (nSPS) is 14.8. The van der Waals surface area contributed by atoms with Gasteiger partial charge in [0.15, 0.2) is 0 Å². The Morgan fingerprint density at radius 2 is 1.95 bits per heavy atom. The number of benzene rings is 1. The average Bonchev–Trinajstić information content (AvgIpc) is 2.90. The average molecular weight is 288 g/mol. The quantitative estimate of drug-likeness (QED) is 0.852. The van der Waals surface area contributed by atoms with E-state index in [1.54, 1.807) is 0 Å². The topological polar surface area (TPSA) is 47.1 Å². The van der Waals surface area contributed by atoms with Gasteiger partial charge in [-0.3, -0.25) is 9.58 Å². The summed E-state index contributed by atoms with van der Waals surface area (Å²) in [6, 6.07) is 8.48. The molecule has 4 heteroatoms. The first-order valence-corrected chi connectivity index (χ1v) is 7.99. The van der Waals surface area contributed by atoms with Crippen LogP contribution in [-0.4, -0.2) is 33.3 Å². The summed E-state index contributed by atoms with van der Waals surface area (Å²) in [6.07, 6.45) is 1.05. The smallest absolute Gasteiger partial charge is 0.0843 e. The Hall–Kier alpha value is -1.39. The lowest BCUT2D eigenvalue weighted by molar-refractivity contribution is 0.103. The standard InChI is InChI=1S/C17H28N4/c1-5-17(4,13-18)20(6-2)12-15-14-10-8-9-11-16(14)21(7-3)19-15/h8-11H,5-7,12-13,18H2,1-4H3. The Morgan fingerprint density at radius 1 is 1.24 bits per heavy atom. The molecule has 0 aliphatic rings. The molecule has 0 aliphatic carbocycles. The molecule has 1 atom stereocenters. The van der Waals surface area contributed by atoms with E-state index in [4.69, 9.17) is 10.8 Å². The molecule has 1 unspecified atom stereocenters. The third-order valence-corrected chi connectivity index (χ3v) is 4.72. The molecule has 0 amide bonds. The number of hydrogen-bond donors (Lipinski definition) is 1. The molecule has 0 saturated carbocycles. The molecule has 1 aromatic carbocycles. The van der Waals surface area contributed by atoms with Crippen molar-refractivity contribution in [2.24, 2.45) is 5.73 Å². The lowest BCUT2D eigenvalue weighted by Gasteiger charge is -2.39. The second kappa shape index (κ2) is 6.58. The number of aromatic nitrogens is 2. The third-order valence-electron chi connectivity index (χ3n) is 4.72. The summed E-state index contributed by atoms with van der Waals surface area (Å²) >= 11 is 0. The molecule has 0 fully saturated rings. The monoisotopic (exact) mass is 288 g/mol. The predicted octanol–water partition coefficient (Wildman–Crippen LogP) is 3.01. The summed E-state index contributed by atoms with van der Waals surface area (Å²) in [5, 5.41) is 6.07. The van der Waals surface area contributed by atoms with Gasteiger partial charge < -0.3 is 5.73 Å². The Balaban J connectivity index is 2.38. The minimum atomic E-state index is 0.0336. The Morgan fingerprint density at radius 3 is 2.52 bits per heavy atom. The third kappa shape index (κ3) is 2.97. The summed E-state index contributed by atoms with van der Waals surface area (Å²) in [7, 11) is 0. The van der Waals surface area contributed by atoms with E-state index in [9.17, 15) is 0 Å². The van der Waals surface area contributed by atoms with Gasteiger partial charge in [0.2, 0.25) is 0 Å². The first-order chi connectivity index (χ1) is 10.1. The van der Waals surface area contributed by atoms with Gasteiger partial charge in [-0.1, -0.05) is 32.0 Å². The van der Waals surface area contributed by atoms with Crippen molar-refractivity contribution >= 4 is 10.9 Å². The van der Waals surface area contributed by atoms with Crippen LogP contribution < -0.4 is 5.73 Å². The summed E-state index contributed by atoms with van der Waals surface area (Å²) in [5.41, 5.74) is 8.43. The number of aryl methyl sites for hydroxylation is 1. The van der Waals surface area contributed by atoms with Crippen LogP contribution >= 0.6 is 0 Å². The minimum Gasteiger partial charge on any atom is -0.329 e. The van der Waals surface area contributed by atoms with E-state index in [1.165, 1.54) is 10.9 Å². The second-order valence-corrected chi connectivity index (χ2v) is 5.85. The van der Waals surface area contributed by atoms with Gasteiger partial charge in [-0.05, 0) is 32.9 Å². The Kier molecular flexibility index (Phi) is 5.01. The maximum Gasteiger partial charge on any atom is 0.0843 e. The van der Waals surface area contributed by atoms with E-state index in [1.807, 2.05) is 0 Å². The maximum absolute atomic E-state index is 6.02. The van der Waals surface area contributed by atoms with Crippen molar-refractivity contribution in [2.75, 3.05) is 13.1 Å². The fourth-order valence-corrected chi connectivity index (χ4v) is 2.92. The number of nitrogens with zero attached hydrogens (tertiary/aromatic N) is 3. The fraction of sp³-hybridized carbons (Fsp3) is 0.588. The van der Waals surface area contributed by atoms with Crippen molar-refractivity contribution in [1.82, 2.24) is 14.7 Å². The van der Waals surface area contributed by atoms with Crippen LogP contribution in [0.15, 0.2) is 24.3 Å². The van der Waals surface area contributed by atoms with Gasteiger partial charge in [0, 0.05) is 30.6 Å². The number of likely N-dealkylation sites (N-methyl/N-ethyl adjacent to an activating group) is 1.